The minimum absolute atomic E-state index is 0.0281. The Labute approximate surface area is 385 Å². The van der Waals surface area contributed by atoms with Crippen LogP contribution < -0.4 is 76.6 Å². The van der Waals surface area contributed by atoms with Gasteiger partial charge in [-0.2, -0.15) is 9.97 Å². The van der Waals surface area contributed by atoms with E-state index in [1.807, 2.05) is 0 Å². The number of aromatic nitrogens is 4. The smallest absolute Gasteiger partial charge is 0.326 e. The third-order valence-electron chi connectivity index (χ3n) is 9.69. The summed E-state index contributed by atoms with van der Waals surface area (Å²) in [5.41, 5.74) is 22.4. The van der Waals surface area contributed by atoms with Crippen molar-refractivity contribution in [1.82, 2.24) is 30.6 Å². The largest absolute Gasteiger partial charge is 0.481 e. The second-order valence-electron chi connectivity index (χ2n) is 14.9. The maximum Gasteiger partial charge on any atom is 0.326 e. The number of carbonyl (C=O) groups is 6. The van der Waals surface area contributed by atoms with Gasteiger partial charge in [-0.15, -0.1) is 0 Å². The van der Waals surface area contributed by atoms with Crippen molar-refractivity contribution < 1.29 is 49.2 Å². The summed E-state index contributed by atoms with van der Waals surface area (Å²) >= 11 is 0. The Morgan fingerprint density at radius 3 is 1.26 bits per heavy atom. The van der Waals surface area contributed by atoms with Crippen molar-refractivity contribution in [2.75, 3.05) is 82.6 Å². The molecule has 0 bridgehead atoms. The monoisotopic (exact) mass is 950 g/mol. The number of aliphatic carboxylic acids is 4. The van der Waals surface area contributed by atoms with Gasteiger partial charge in [0.1, 0.15) is 35.1 Å². The van der Waals surface area contributed by atoms with Gasteiger partial charge in [-0.25, -0.2) is 9.59 Å². The van der Waals surface area contributed by atoms with Crippen molar-refractivity contribution >= 4 is 82.0 Å². The predicted octanol–water partition coefficient (Wildman–Crippen LogP) is -1.66. The Kier molecular flexibility index (Phi) is 19.2. The molecule has 2 aliphatic heterocycles. The number of carbonyl (C=O) groups excluding carboxylic acids is 2. The second-order valence-corrected chi connectivity index (χ2v) is 14.9. The summed E-state index contributed by atoms with van der Waals surface area (Å²) in [5.74, 6) is -5.09. The first-order valence-electron chi connectivity index (χ1n) is 20.8. The van der Waals surface area contributed by atoms with Crippen LogP contribution in [0.2, 0.25) is 0 Å². The second kappa shape index (κ2) is 25.1. The van der Waals surface area contributed by atoms with Crippen molar-refractivity contribution in [2.24, 2.45) is 11.5 Å². The molecular formula is C40H54N16O12. The van der Waals surface area contributed by atoms with E-state index in [1.165, 1.54) is 24.3 Å². The van der Waals surface area contributed by atoms with Gasteiger partial charge in [0.25, 0.3) is 22.9 Å². The number of carboxylic acids is 4. The highest BCUT2D eigenvalue weighted by molar-refractivity contribution is 5.97. The number of benzene rings is 2. The van der Waals surface area contributed by atoms with Crippen LogP contribution in [0, 0.1) is 0 Å². The molecule has 4 heterocycles. The number of nitrogens with one attached hydrogen (secondary N) is 10. The molecule has 28 nitrogen and oxygen atoms in total. The number of hydrogen-bond acceptors (Lipinski definition) is 20. The highest BCUT2D eigenvalue weighted by Gasteiger charge is 2.25. The lowest BCUT2D eigenvalue weighted by Crippen LogP contribution is -2.41. The predicted molar refractivity (Wildman–Crippen MR) is 250 cm³/mol. The van der Waals surface area contributed by atoms with E-state index in [4.69, 9.17) is 43.4 Å². The molecule has 22 N–H and O–H groups in total. The summed E-state index contributed by atoms with van der Waals surface area (Å²) in [6, 6.07) is 9.87. The number of nitrogen functional groups attached to an aromatic ring is 2. The topological polar surface area (TPSA) is 475 Å². The van der Waals surface area contributed by atoms with E-state index in [9.17, 15) is 38.4 Å². The number of hydrogen-bond donors (Lipinski definition) is 18. The fourth-order valence-corrected chi connectivity index (χ4v) is 6.22. The average Bonchev–Trinajstić information content (AvgIpc) is 3.30. The fraction of sp³-hybridized carbons (Fsp3) is 0.350. The quantitative estimate of drug-likeness (QED) is 0.0500. The fourth-order valence-electron chi connectivity index (χ4n) is 6.22. The number of anilines is 8. The molecule has 0 fully saturated rings. The molecule has 2 amide bonds. The minimum atomic E-state index is -1.30. The molecule has 2 aromatic carbocycles. The number of fused-ring (bicyclic) bond motifs is 2. The van der Waals surface area contributed by atoms with Gasteiger partial charge < -0.3 is 95.9 Å². The van der Waals surface area contributed by atoms with Crippen LogP contribution in [0.15, 0.2) is 58.1 Å². The average molecular weight is 951 g/mol. The Morgan fingerprint density at radius 2 is 0.956 bits per heavy atom. The maximum absolute atomic E-state index is 12.3. The van der Waals surface area contributed by atoms with Crippen molar-refractivity contribution in [3.05, 3.63) is 80.4 Å². The Bertz CT molecular complexity index is 2350. The Morgan fingerprint density at radius 1 is 0.603 bits per heavy atom. The number of rotatable bonds is 19. The zero-order valence-electron chi connectivity index (χ0n) is 36.3. The van der Waals surface area contributed by atoms with Crippen LogP contribution in [-0.2, 0) is 19.2 Å². The van der Waals surface area contributed by atoms with Crippen LogP contribution in [0.3, 0.4) is 0 Å². The molecule has 4 atom stereocenters. The highest BCUT2D eigenvalue weighted by Crippen LogP contribution is 2.22. The minimum Gasteiger partial charge on any atom is -0.481 e. The number of aromatic amines is 2. The number of nitrogens with two attached hydrogens (primary N) is 4. The zero-order valence-corrected chi connectivity index (χ0v) is 36.3. The Balaban J connectivity index is 0.000000275. The highest BCUT2D eigenvalue weighted by atomic mass is 16.4. The van der Waals surface area contributed by atoms with Crippen molar-refractivity contribution in [2.45, 2.75) is 49.9 Å². The molecule has 68 heavy (non-hydrogen) atoms. The van der Waals surface area contributed by atoms with Gasteiger partial charge in [-0.3, -0.25) is 28.8 Å². The lowest BCUT2D eigenvalue weighted by Gasteiger charge is -2.27. The van der Waals surface area contributed by atoms with E-state index in [0.717, 1.165) is 0 Å². The molecule has 6 rings (SSSR count). The first-order valence-corrected chi connectivity index (χ1v) is 20.8. The third kappa shape index (κ3) is 16.1. The summed E-state index contributed by atoms with van der Waals surface area (Å²) < 4.78 is 0. The summed E-state index contributed by atoms with van der Waals surface area (Å²) in [4.78, 5) is 105. The van der Waals surface area contributed by atoms with Gasteiger partial charge in [0.05, 0.1) is 12.1 Å². The number of carboxylic acid groups (broad SMARTS) is 4. The zero-order chi connectivity index (χ0) is 49.9. The third-order valence-corrected chi connectivity index (χ3v) is 9.69. The van der Waals surface area contributed by atoms with Gasteiger partial charge in [0.15, 0.2) is 0 Å². The number of nitrogens with zero attached hydrogens (tertiary/aromatic N) is 2. The SMILES string of the molecule is NCCN.Nc1nc(=O)c2c([nH]1)NC[C@@H](CNc1ccc(C(=O)N[C@@H](CCC(=O)O)C(=O)O)cc1)N2.Nc1nc(=O)c2c([nH]1)NC[C@@H](CNc1ccc(C(=O)N[C@@H](CCC(=O)O)C(=O)O)cc1)N2. The molecule has 2 aromatic heterocycles. The van der Waals surface area contributed by atoms with Crippen LogP contribution in [-0.4, -0.2) is 139 Å². The number of amides is 2. The van der Waals surface area contributed by atoms with Crippen LogP contribution >= 0.6 is 0 Å². The van der Waals surface area contributed by atoms with Crippen molar-refractivity contribution in [3.8, 4) is 0 Å². The van der Waals surface area contributed by atoms with E-state index in [-0.39, 0.29) is 60.8 Å². The normalized spacial score (nSPS) is 15.0. The van der Waals surface area contributed by atoms with E-state index in [1.54, 1.807) is 24.3 Å². The van der Waals surface area contributed by atoms with E-state index >= 15 is 0 Å². The van der Waals surface area contributed by atoms with Crippen LogP contribution in [0.5, 0.6) is 0 Å². The van der Waals surface area contributed by atoms with E-state index in [2.05, 4.69) is 62.5 Å². The summed E-state index contributed by atoms with van der Waals surface area (Å²) in [6.07, 6.45) is -1.17. The van der Waals surface area contributed by atoms with Gasteiger partial charge >= 0.3 is 23.9 Å². The summed E-state index contributed by atoms with van der Waals surface area (Å²) in [7, 11) is 0. The van der Waals surface area contributed by atoms with Crippen LogP contribution in [0.4, 0.5) is 46.3 Å². The standard InChI is InChI=1S/2C19H23N7O6.C2H8N2/c2*20-19-25-15-14(17(30)26-19)23-11(8-22-15)7-21-10-3-1-9(2-4-10)16(29)24-12(18(31)32)5-6-13(27)28;3-1-2-4/h2*1-4,11-12,21,23H,5-8H2,(H,24,29)(H,27,28)(H,31,32)(H4,20,22,25,26,30);1-4H2/t2*11-,12+;/m11./s1. The molecule has 0 spiro atoms. The van der Waals surface area contributed by atoms with Gasteiger partial charge in [0, 0.05) is 74.6 Å². The van der Waals surface area contributed by atoms with Gasteiger partial charge in [-0.1, -0.05) is 0 Å². The number of H-pyrrole nitrogens is 2. The van der Waals surface area contributed by atoms with Gasteiger partial charge in [0.2, 0.25) is 11.9 Å². The molecule has 0 saturated heterocycles. The first-order chi connectivity index (χ1) is 32.4. The molecule has 28 heteroatoms. The van der Waals surface area contributed by atoms with Crippen molar-refractivity contribution in [1.29, 1.82) is 0 Å². The molecule has 0 saturated carbocycles. The molecule has 0 unspecified atom stereocenters. The molecule has 2 aliphatic rings. The Hall–Kier alpha value is -8.66. The molecule has 4 aromatic rings. The van der Waals surface area contributed by atoms with E-state index in [0.29, 0.717) is 73.7 Å². The summed E-state index contributed by atoms with van der Waals surface area (Å²) in [5, 5.41) is 59.1. The lowest BCUT2D eigenvalue weighted by atomic mass is 10.1. The van der Waals surface area contributed by atoms with Crippen LogP contribution in [0.1, 0.15) is 46.4 Å². The lowest BCUT2D eigenvalue weighted by molar-refractivity contribution is -0.142. The van der Waals surface area contributed by atoms with E-state index < -0.39 is 58.9 Å². The van der Waals surface area contributed by atoms with Gasteiger partial charge in [-0.05, 0) is 61.4 Å². The maximum atomic E-state index is 12.3. The molecule has 0 aliphatic carbocycles. The first kappa shape index (κ1) is 52.0. The molecule has 0 radical (unpaired) electrons. The van der Waals surface area contributed by atoms with Crippen LogP contribution in [0.25, 0.3) is 0 Å². The van der Waals surface area contributed by atoms with Crippen molar-refractivity contribution in [3.63, 3.8) is 0 Å². The molecular weight excluding hydrogens is 897 g/mol. The molecule has 366 valence electrons. The summed E-state index contributed by atoms with van der Waals surface area (Å²) in [6.45, 7) is 3.15.